The average molecular weight is 330 g/mol. The molecule has 0 unspecified atom stereocenters. The highest BCUT2D eigenvalue weighted by molar-refractivity contribution is 5.79. The second kappa shape index (κ2) is 6.68. The van der Waals surface area contributed by atoms with Crippen LogP contribution in [0.1, 0.15) is 40.3 Å². The maximum Gasteiger partial charge on any atom is 0.227 e. The molecule has 0 radical (unpaired) electrons. The molecular weight excluding hydrogens is 308 g/mol. The highest BCUT2D eigenvalue weighted by Gasteiger charge is 2.27. The van der Waals surface area contributed by atoms with Crippen LogP contribution in [0, 0.1) is 27.7 Å². The van der Waals surface area contributed by atoms with Gasteiger partial charge in [0.25, 0.3) is 0 Å². The predicted molar refractivity (Wildman–Crippen MR) is 86.5 cm³/mol. The van der Waals surface area contributed by atoms with Gasteiger partial charge < -0.3 is 14.2 Å². The first kappa shape index (κ1) is 16.6. The molecule has 7 heteroatoms. The first-order valence-corrected chi connectivity index (χ1v) is 8.07. The summed E-state index contributed by atoms with van der Waals surface area (Å²) in [7, 11) is 0. The number of aryl methyl sites for hydroxylation is 4. The van der Waals surface area contributed by atoms with Gasteiger partial charge in [0, 0.05) is 17.8 Å². The molecule has 0 spiro atoms. The maximum atomic E-state index is 12.6. The van der Waals surface area contributed by atoms with Crippen LogP contribution in [0.2, 0.25) is 0 Å². The SMILES string of the molecule is Cc1cc([C@H]2CN(C(=O)Cc3c(C)noc3C)CCO2)nc(C)n1. The Morgan fingerprint density at radius 2 is 2.08 bits per heavy atom. The fourth-order valence-electron chi connectivity index (χ4n) is 2.98. The van der Waals surface area contributed by atoms with Gasteiger partial charge in [0.2, 0.25) is 5.91 Å². The predicted octanol–water partition coefficient (Wildman–Crippen LogP) is 1.84. The van der Waals surface area contributed by atoms with Crippen LogP contribution in [-0.2, 0) is 16.0 Å². The molecule has 1 atom stereocenters. The molecule has 0 aromatic carbocycles. The first-order valence-electron chi connectivity index (χ1n) is 8.07. The van der Waals surface area contributed by atoms with Crippen molar-refractivity contribution < 1.29 is 14.1 Å². The van der Waals surface area contributed by atoms with Crippen molar-refractivity contribution in [1.29, 1.82) is 0 Å². The highest BCUT2D eigenvalue weighted by Crippen LogP contribution is 2.22. The standard InChI is InChI=1S/C17H22N4O3/c1-10-7-15(19-13(4)18-10)16-9-21(5-6-23-16)17(22)8-14-11(2)20-24-12(14)3/h7,16H,5-6,8-9H2,1-4H3/t16-/m1/s1. The summed E-state index contributed by atoms with van der Waals surface area (Å²) in [4.78, 5) is 23.2. The first-order chi connectivity index (χ1) is 11.4. The van der Waals surface area contributed by atoms with Crippen LogP contribution in [0.3, 0.4) is 0 Å². The molecule has 3 rings (SSSR count). The third-order valence-corrected chi connectivity index (χ3v) is 4.24. The van der Waals surface area contributed by atoms with Gasteiger partial charge >= 0.3 is 0 Å². The van der Waals surface area contributed by atoms with Crippen LogP contribution in [0.4, 0.5) is 0 Å². The molecule has 2 aromatic rings. The van der Waals surface area contributed by atoms with Gasteiger partial charge in [-0.1, -0.05) is 5.16 Å². The van der Waals surface area contributed by atoms with Gasteiger partial charge in [-0.25, -0.2) is 9.97 Å². The number of morpholine rings is 1. The number of amides is 1. The largest absolute Gasteiger partial charge is 0.368 e. The summed E-state index contributed by atoms with van der Waals surface area (Å²) < 4.78 is 11.0. The van der Waals surface area contributed by atoms with E-state index in [4.69, 9.17) is 9.26 Å². The van der Waals surface area contributed by atoms with Crippen molar-refractivity contribution >= 4 is 5.91 Å². The van der Waals surface area contributed by atoms with Crippen LogP contribution < -0.4 is 0 Å². The number of carbonyl (C=O) groups is 1. The lowest BCUT2D eigenvalue weighted by atomic mass is 10.1. The molecule has 24 heavy (non-hydrogen) atoms. The smallest absolute Gasteiger partial charge is 0.227 e. The van der Waals surface area contributed by atoms with Gasteiger partial charge in [-0.15, -0.1) is 0 Å². The lowest BCUT2D eigenvalue weighted by Crippen LogP contribution is -2.43. The molecule has 0 saturated carbocycles. The van der Waals surface area contributed by atoms with Crippen molar-refractivity contribution in [3.8, 4) is 0 Å². The molecule has 3 heterocycles. The number of aromatic nitrogens is 3. The minimum atomic E-state index is -0.215. The molecule has 0 bridgehead atoms. The molecule has 1 amide bonds. The summed E-state index contributed by atoms with van der Waals surface area (Å²) in [5.74, 6) is 1.47. The molecule has 0 aliphatic carbocycles. The average Bonchev–Trinajstić information content (AvgIpc) is 2.86. The van der Waals surface area contributed by atoms with E-state index in [1.54, 1.807) is 0 Å². The fraction of sp³-hybridized carbons (Fsp3) is 0.529. The Hall–Kier alpha value is -2.28. The fourth-order valence-corrected chi connectivity index (χ4v) is 2.98. The monoisotopic (exact) mass is 330 g/mol. The number of hydrogen-bond donors (Lipinski definition) is 0. The van der Waals surface area contributed by atoms with Crippen molar-refractivity contribution in [2.24, 2.45) is 0 Å². The van der Waals surface area contributed by atoms with Gasteiger partial charge in [0.05, 0.1) is 31.0 Å². The minimum Gasteiger partial charge on any atom is -0.368 e. The number of carbonyl (C=O) groups excluding carboxylic acids is 1. The highest BCUT2D eigenvalue weighted by atomic mass is 16.5. The quantitative estimate of drug-likeness (QED) is 0.854. The van der Waals surface area contributed by atoms with E-state index in [-0.39, 0.29) is 12.0 Å². The molecule has 1 fully saturated rings. The van der Waals surface area contributed by atoms with E-state index in [1.165, 1.54) is 0 Å². The summed E-state index contributed by atoms with van der Waals surface area (Å²) in [5.41, 5.74) is 3.37. The van der Waals surface area contributed by atoms with Gasteiger partial charge in [-0.05, 0) is 33.8 Å². The van der Waals surface area contributed by atoms with E-state index < -0.39 is 0 Å². The number of rotatable bonds is 3. The molecule has 1 aliphatic rings. The van der Waals surface area contributed by atoms with Crippen LogP contribution >= 0.6 is 0 Å². The zero-order valence-corrected chi connectivity index (χ0v) is 14.5. The molecular formula is C17H22N4O3. The van der Waals surface area contributed by atoms with Crippen LogP contribution in [0.5, 0.6) is 0 Å². The molecule has 1 saturated heterocycles. The van der Waals surface area contributed by atoms with Crippen molar-refractivity contribution in [3.05, 3.63) is 40.3 Å². The Morgan fingerprint density at radius 3 is 2.75 bits per heavy atom. The topological polar surface area (TPSA) is 81.4 Å². The molecule has 0 N–H and O–H groups in total. The molecule has 128 valence electrons. The second-order valence-electron chi connectivity index (χ2n) is 6.16. The van der Waals surface area contributed by atoms with Crippen LogP contribution in [0.15, 0.2) is 10.6 Å². The zero-order valence-electron chi connectivity index (χ0n) is 14.5. The van der Waals surface area contributed by atoms with Gasteiger partial charge in [-0.2, -0.15) is 0 Å². The molecule has 1 aliphatic heterocycles. The van der Waals surface area contributed by atoms with Crippen molar-refractivity contribution in [3.63, 3.8) is 0 Å². The van der Waals surface area contributed by atoms with E-state index in [0.29, 0.717) is 37.7 Å². The minimum absolute atomic E-state index is 0.0557. The van der Waals surface area contributed by atoms with E-state index >= 15 is 0 Å². The maximum absolute atomic E-state index is 12.6. The Morgan fingerprint density at radius 1 is 1.29 bits per heavy atom. The molecule has 7 nitrogen and oxygen atoms in total. The number of nitrogens with zero attached hydrogens (tertiary/aromatic N) is 4. The lowest BCUT2D eigenvalue weighted by molar-refractivity contribution is -0.138. The summed E-state index contributed by atoms with van der Waals surface area (Å²) in [5, 5.41) is 3.91. The Labute approximate surface area is 141 Å². The second-order valence-corrected chi connectivity index (χ2v) is 6.16. The zero-order chi connectivity index (χ0) is 17.3. The normalized spacial score (nSPS) is 18.0. The van der Waals surface area contributed by atoms with E-state index in [2.05, 4.69) is 15.1 Å². The van der Waals surface area contributed by atoms with Crippen molar-refractivity contribution in [2.45, 2.75) is 40.2 Å². The molecule has 2 aromatic heterocycles. The van der Waals surface area contributed by atoms with Gasteiger partial charge in [-0.3, -0.25) is 4.79 Å². The van der Waals surface area contributed by atoms with Crippen LogP contribution in [-0.4, -0.2) is 45.6 Å². The van der Waals surface area contributed by atoms with Crippen LogP contribution in [0.25, 0.3) is 0 Å². The van der Waals surface area contributed by atoms with E-state index in [1.807, 2.05) is 38.7 Å². The number of hydrogen-bond acceptors (Lipinski definition) is 6. The van der Waals surface area contributed by atoms with Gasteiger partial charge in [0.1, 0.15) is 17.7 Å². The third-order valence-electron chi connectivity index (χ3n) is 4.24. The van der Waals surface area contributed by atoms with E-state index in [0.717, 1.165) is 22.6 Å². The summed E-state index contributed by atoms with van der Waals surface area (Å²) in [6, 6.07) is 1.92. The van der Waals surface area contributed by atoms with Gasteiger partial charge in [0.15, 0.2) is 0 Å². The summed E-state index contributed by atoms with van der Waals surface area (Å²) in [6.07, 6.45) is 0.0863. The lowest BCUT2D eigenvalue weighted by Gasteiger charge is -2.33. The Balaban J connectivity index is 1.72. The van der Waals surface area contributed by atoms with E-state index in [9.17, 15) is 4.79 Å². The van der Waals surface area contributed by atoms with Crippen molar-refractivity contribution in [2.75, 3.05) is 19.7 Å². The summed E-state index contributed by atoms with van der Waals surface area (Å²) in [6.45, 7) is 9.06. The Kier molecular flexibility index (Phi) is 4.62. The third kappa shape index (κ3) is 3.46. The number of ether oxygens (including phenoxy) is 1. The summed E-state index contributed by atoms with van der Waals surface area (Å²) >= 11 is 0. The Bertz CT molecular complexity index is 717. The van der Waals surface area contributed by atoms with Crippen molar-refractivity contribution in [1.82, 2.24) is 20.0 Å².